The van der Waals surface area contributed by atoms with Crippen LogP contribution in [0.3, 0.4) is 0 Å². The van der Waals surface area contributed by atoms with Crippen molar-refractivity contribution in [2.75, 3.05) is 0 Å². The smallest absolute Gasteiger partial charge is 0.0952 e. The second-order valence-corrected chi connectivity index (χ2v) is 4.31. The highest BCUT2D eigenvalue weighted by Crippen LogP contribution is 2.19. The Bertz CT molecular complexity index is 455. The molecule has 0 spiro atoms. The fourth-order valence-electron chi connectivity index (χ4n) is 2.37. The Balaban J connectivity index is 1.72. The third-order valence-corrected chi connectivity index (χ3v) is 3.24. The summed E-state index contributed by atoms with van der Waals surface area (Å²) in [7, 11) is 0. The van der Waals surface area contributed by atoms with Crippen LogP contribution >= 0.6 is 0 Å². The Hall–Kier alpha value is -1.58. The van der Waals surface area contributed by atoms with Crippen LogP contribution in [0.25, 0.3) is 0 Å². The molecule has 2 aromatic heterocycles. The molecule has 0 bridgehead atoms. The van der Waals surface area contributed by atoms with Gasteiger partial charge in [0.25, 0.3) is 0 Å². The minimum absolute atomic E-state index is 0.926. The third-order valence-electron chi connectivity index (χ3n) is 3.24. The lowest BCUT2D eigenvalue weighted by atomic mass is 10.0. The minimum atomic E-state index is 0.926. The van der Waals surface area contributed by atoms with E-state index in [9.17, 15) is 0 Å². The Kier molecular flexibility index (Phi) is 2.48. The quantitative estimate of drug-likeness (QED) is 0.782. The van der Waals surface area contributed by atoms with Crippen molar-refractivity contribution in [1.29, 1.82) is 0 Å². The van der Waals surface area contributed by atoms with Gasteiger partial charge in [0.15, 0.2) is 0 Å². The molecule has 16 heavy (non-hydrogen) atoms. The lowest BCUT2D eigenvalue weighted by Crippen LogP contribution is -2.12. The molecule has 0 N–H and O–H groups in total. The SMILES string of the molecule is c1cnn(CCn2cnc3c2CCCC3)c1. The van der Waals surface area contributed by atoms with Crippen LogP contribution in [0.2, 0.25) is 0 Å². The van der Waals surface area contributed by atoms with Crippen LogP contribution in [0.5, 0.6) is 0 Å². The standard InChI is InChI=1S/C12H16N4/c1-2-5-12-11(4-1)13-10-15(12)8-9-16-7-3-6-14-16/h3,6-7,10H,1-2,4-5,8-9H2. The van der Waals surface area contributed by atoms with E-state index in [1.165, 1.54) is 30.7 Å². The zero-order chi connectivity index (χ0) is 10.8. The highest BCUT2D eigenvalue weighted by Gasteiger charge is 2.14. The van der Waals surface area contributed by atoms with Gasteiger partial charge in [-0.05, 0) is 31.7 Å². The van der Waals surface area contributed by atoms with Gasteiger partial charge >= 0.3 is 0 Å². The van der Waals surface area contributed by atoms with Gasteiger partial charge in [0, 0.05) is 24.6 Å². The molecule has 0 saturated heterocycles. The van der Waals surface area contributed by atoms with E-state index in [0.29, 0.717) is 0 Å². The molecule has 3 rings (SSSR count). The second-order valence-electron chi connectivity index (χ2n) is 4.31. The topological polar surface area (TPSA) is 35.6 Å². The van der Waals surface area contributed by atoms with Crippen molar-refractivity contribution in [1.82, 2.24) is 19.3 Å². The average molecular weight is 216 g/mol. The van der Waals surface area contributed by atoms with E-state index in [-0.39, 0.29) is 0 Å². The summed E-state index contributed by atoms with van der Waals surface area (Å²) in [6, 6.07) is 1.96. The number of fused-ring (bicyclic) bond motifs is 1. The van der Waals surface area contributed by atoms with Crippen molar-refractivity contribution in [3.05, 3.63) is 36.2 Å². The number of aromatic nitrogens is 4. The summed E-state index contributed by atoms with van der Waals surface area (Å²) in [5.74, 6) is 0. The molecule has 84 valence electrons. The van der Waals surface area contributed by atoms with Crippen LogP contribution in [0, 0.1) is 0 Å². The van der Waals surface area contributed by atoms with Gasteiger partial charge in [0.1, 0.15) is 0 Å². The van der Waals surface area contributed by atoms with E-state index < -0.39 is 0 Å². The van der Waals surface area contributed by atoms with Crippen LogP contribution in [0.4, 0.5) is 0 Å². The third kappa shape index (κ3) is 1.75. The lowest BCUT2D eigenvalue weighted by molar-refractivity contribution is 0.513. The van der Waals surface area contributed by atoms with Gasteiger partial charge in [-0.3, -0.25) is 4.68 Å². The molecule has 0 saturated carbocycles. The number of hydrogen-bond acceptors (Lipinski definition) is 2. The van der Waals surface area contributed by atoms with Gasteiger partial charge in [-0.1, -0.05) is 0 Å². The van der Waals surface area contributed by atoms with E-state index >= 15 is 0 Å². The van der Waals surface area contributed by atoms with E-state index in [0.717, 1.165) is 19.5 Å². The van der Waals surface area contributed by atoms with Gasteiger partial charge in [0.05, 0.1) is 18.6 Å². The Morgan fingerprint density at radius 1 is 1.19 bits per heavy atom. The zero-order valence-electron chi connectivity index (χ0n) is 9.34. The number of imidazole rings is 1. The van der Waals surface area contributed by atoms with E-state index in [4.69, 9.17) is 0 Å². The normalized spacial score (nSPS) is 15.0. The second kappa shape index (κ2) is 4.12. The van der Waals surface area contributed by atoms with Crippen molar-refractivity contribution < 1.29 is 0 Å². The van der Waals surface area contributed by atoms with Crippen LogP contribution in [0.15, 0.2) is 24.8 Å². The fraction of sp³-hybridized carbons (Fsp3) is 0.500. The summed E-state index contributed by atoms with van der Waals surface area (Å²) in [5.41, 5.74) is 2.75. The van der Waals surface area contributed by atoms with Gasteiger partial charge in [0.2, 0.25) is 0 Å². The molecule has 2 aromatic rings. The summed E-state index contributed by atoms with van der Waals surface area (Å²) >= 11 is 0. The maximum atomic E-state index is 4.49. The molecule has 0 aliphatic heterocycles. The van der Waals surface area contributed by atoms with Crippen LogP contribution < -0.4 is 0 Å². The van der Waals surface area contributed by atoms with Gasteiger partial charge in [-0.2, -0.15) is 5.10 Å². The number of nitrogens with zero attached hydrogens (tertiary/aromatic N) is 4. The maximum Gasteiger partial charge on any atom is 0.0952 e. The Morgan fingerprint density at radius 3 is 3.00 bits per heavy atom. The van der Waals surface area contributed by atoms with E-state index in [2.05, 4.69) is 14.6 Å². The van der Waals surface area contributed by atoms with Crippen LogP contribution in [-0.4, -0.2) is 19.3 Å². The Morgan fingerprint density at radius 2 is 2.12 bits per heavy atom. The molecule has 0 radical (unpaired) electrons. The molecule has 2 heterocycles. The van der Waals surface area contributed by atoms with Crippen molar-refractivity contribution in [3.8, 4) is 0 Å². The molecule has 1 aliphatic carbocycles. The minimum Gasteiger partial charge on any atom is -0.332 e. The largest absolute Gasteiger partial charge is 0.332 e. The lowest BCUT2D eigenvalue weighted by Gasteiger charge is -2.13. The van der Waals surface area contributed by atoms with Gasteiger partial charge < -0.3 is 4.57 Å². The van der Waals surface area contributed by atoms with E-state index in [1.54, 1.807) is 0 Å². The average Bonchev–Trinajstić information content (AvgIpc) is 2.96. The fourth-order valence-corrected chi connectivity index (χ4v) is 2.37. The number of hydrogen-bond donors (Lipinski definition) is 0. The molecular formula is C12H16N4. The predicted molar refractivity (Wildman–Crippen MR) is 61.1 cm³/mol. The molecule has 4 nitrogen and oxygen atoms in total. The molecule has 0 aromatic carbocycles. The maximum absolute atomic E-state index is 4.49. The van der Waals surface area contributed by atoms with Crippen molar-refractivity contribution in [3.63, 3.8) is 0 Å². The summed E-state index contributed by atoms with van der Waals surface area (Å²) in [6.07, 6.45) is 10.8. The summed E-state index contributed by atoms with van der Waals surface area (Å²) in [5, 5.41) is 4.21. The monoisotopic (exact) mass is 216 g/mol. The molecule has 0 amide bonds. The highest BCUT2D eigenvalue weighted by atomic mass is 15.3. The highest BCUT2D eigenvalue weighted by molar-refractivity contribution is 5.16. The molecule has 0 atom stereocenters. The summed E-state index contributed by atoms with van der Waals surface area (Å²) in [4.78, 5) is 4.49. The first-order valence-corrected chi connectivity index (χ1v) is 5.94. The van der Waals surface area contributed by atoms with Crippen molar-refractivity contribution in [2.24, 2.45) is 0 Å². The van der Waals surface area contributed by atoms with Crippen molar-refractivity contribution >= 4 is 0 Å². The molecular weight excluding hydrogens is 200 g/mol. The molecule has 1 aliphatic rings. The molecule has 0 fully saturated rings. The van der Waals surface area contributed by atoms with Crippen molar-refractivity contribution in [2.45, 2.75) is 38.8 Å². The summed E-state index contributed by atoms with van der Waals surface area (Å²) in [6.45, 7) is 1.90. The number of rotatable bonds is 3. The summed E-state index contributed by atoms with van der Waals surface area (Å²) < 4.78 is 4.26. The zero-order valence-corrected chi connectivity index (χ0v) is 9.34. The molecule has 4 heteroatoms. The van der Waals surface area contributed by atoms with Gasteiger partial charge in [-0.25, -0.2) is 4.98 Å². The van der Waals surface area contributed by atoms with Gasteiger partial charge in [-0.15, -0.1) is 0 Å². The molecule has 0 unspecified atom stereocenters. The van der Waals surface area contributed by atoms with E-state index in [1.807, 2.05) is 29.5 Å². The van der Waals surface area contributed by atoms with Crippen LogP contribution in [-0.2, 0) is 25.9 Å². The van der Waals surface area contributed by atoms with Crippen LogP contribution in [0.1, 0.15) is 24.2 Å². The first-order chi connectivity index (χ1) is 7.93. The Labute approximate surface area is 94.9 Å². The first kappa shape index (κ1) is 9.63. The predicted octanol–water partition coefficient (Wildman–Crippen LogP) is 1.66. The first-order valence-electron chi connectivity index (χ1n) is 5.94. The number of aryl methyl sites for hydroxylation is 3.